The van der Waals surface area contributed by atoms with Gasteiger partial charge in [-0.15, -0.1) is 0 Å². The Morgan fingerprint density at radius 3 is 3.04 bits per heavy atom. The van der Waals surface area contributed by atoms with Crippen LogP contribution in [-0.2, 0) is 17.8 Å². The molecule has 2 aliphatic rings. The summed E-state index contributed by atoms with van der Waals surface area (Å²) in [5, 5.41) is 13.3. The zero-order valence-electron chi connectivity index (χ0n) is 13.3. The molecule has 2 amide bonds. The van der Waals surface area contributed by atoms with E-state index in [1.807, 2.05) is 24.3 Å². The van der Waals surface area contributed by atoms with Crippen LogP contribution in [0.3, 0.4) is 0 Å². The molecule has 0 saturated carbocycles. The highest BCUT2D eigenvalue weighted by atomic mass is 16.2. The molecule has 7 heteroatoms. The third-order valence-electron chi connectivity index (χ3n) is 4.51. The monoisotopic (exact) mass is 325 g/mol. The third-order valence-corrected chi connectivity index (χ3v) is 4.51. The van der Waals surface area contributed by atoms with Crippen LogP contribution in [-0.4, -0.2) is 35.1 Å². The van der Waals surface area contributed by atoms with Crippen LogP contribution in [0.4, 0.5) is 11.4 Å². The normalized spacial score (nSPS) is 17.0. The van der Waals surface area contributed by atoms with Gasteiger partial charge in [-0.1, -0.05) is 6.07 Å². The number of rotatable bonds is 3. The van der Waals surface area contributed by atoms with Gasteiger partial charge in [0.15, 0.2) is 5.69 Å². The average molecular weight is 325 g/mol. The predicted molar refractivity (Wildman–Crippen MR) is 90.0 cm³/mol. The van der Waals surface area contributed by atoms with Crippen molar-refractivity contribution in [1.82, 2.24) is 15.5 Å². The predicted octanol–water partition coefficient (Wildman–Crippen LogP) is 1.43. The van der Waals surface area contributed by atoms with Crippen LogP contribution in [0.5, 0.6) is 0 Å². The van der Waals surface area contributed by atoms with E-state index in [1.54, 1.807) is 4.90 Å². The lowest BCUT2D eigenvalue weighted by molar-refractivity contribution is -0.117. The van der Waals surface area contributed by atoms with Crippen molar-refractivity contribution in [2.24, 2.45) is 0 Å². The highest BCUT2D eigenvalue weighted by Crippen LogP contribution is 2.25. The van der Waals surface area contributed by atoms with Gasteiger partial charge in [0.2, 0.25) is 5.91 Å². The largest absolute Gasteiger partial charge is 0.321 e. The van der Waals surface area contributed by atoms with E-state index in [9.17, 15) is 9.59 Å². The summed E-state index contributed by atoms with van der Waals surface area (Å²) in [6.45, 7) is 2.27. The van der Waals surface area contributed by atoms with Crippen molar-refractivity contribution in [3.05, 3.63) is 41.2 Å². The van der Waals surface area contributed by atoms with Gasteiger partial charge in [-0.2, -0.15) is 5.10 Å². The fourth-order valence-electron chi connectivity index (χ4n) is 3.28. The molecule has 0 atom stereocenters. The summed E-state index contributed by atoms with van der Waals surface area (Å²) in [5.74, 6) is -0.105. The Morgan fingerprint density at radius 1 is 1.29 bits per heavy atom. The van der Waals surface area contributed by atoms with Gasteiger partial charge in [0, 0.05) is 55.1 Å². The summed E-state index contributed by atoms with van der Waals surface area (Å²) in [7, 11) is 0. The van der Waals surface area contributed by atoms with Crippen molar-refractivity contribution < 1.29 is 9.59 Å². The van der Waals surface area contributed by atoms with E-state index < -0.39 is 0 Å². The molecule has 0 radical (unpaired) electrons. The van der Waals surface area contributed by atoms with Crippen molar-refractivity contribution in [2.75, 3.05) is 23.3 Å². The standard InChI is InChI=1S/C17H19N5O2/c23-15-5-2-8-22(15)12-4-1-3-11(9-12)19-17(24)16-13-10-18-7-6-14(13)20-21-16/h1,3-4,9,18H,2,5-8,10H2,(H,19,24)(H,20,21). The molecule has 3 heterocycles. The summed E-state index contributed by atoms with van der Waals surface area (Å²) >= 11 is 0. The van der Waals surface area contributed by atoms with Gasteiger partial charge in [0.25, 0.3) is 5.91 Å². The molecular formula is C17H19N5O2. The smallest absolute Gasteiger partial charge is 0.276 e. The first-order valence-electron chi connectivity index (χ1n) is 8.21. The first-order chi connectivity index (χ1) is 11.7. The number of nitrogens with one attached hydrogen (secondary N) is 3. The highest BCUT2D eigenvalue weighted by Gasteiger charge is 2.23. The van der Waals surface area contributed by atoms with E-state index in [0.29, 0.717) is 24.3 Å². The lowest BCUT2D eigenvalue weighted by Crippen LogP contribution is -2.25. The minimum atomic E-state index is -0.235. The molecule has 0 aliphatic carbocycles. The second-order valence-corrected chi connectivity index (χ2v) is 6.11. The van der Waals surface area contributed by atoms with E-state index in [-0.39, 0.29) is 11.8 Å². The number of H-pyrrole nitrogens is 1. The van der Waals surface area contributed by atoms with Gasteiger partial charge < -0.3 is 15.5 Å². The van der Waals surface area contributed by atoms with E-state index >= 15 is 0 Å². The van der Waals surface area contributed by atoms with Crippen molar-refractivity contribution >= 4 is 23.2 Å². The van der Waals surface area contributed by atoms with Crippen LogP contribution in [0.1, 0.15) is 34.6 Å². The highest BCUT2D eigenvalue weighted by molar-refractivity contribution is 6.04. The number of fused-ring (bicyclic) bond motifs is 1. The second kappa shape index (κ2) is 6.09. The molecule has 124 valence electrons. The molecule has 1 fully saturated rings. The molecule has 0 bridgehead atoms. The summed E-state index contributed by atoms with van der Waals surface area (Å²) in [4.78, 5) is 26.2. The summed E-state index contributed by atoms with van der Waals surface area (Å²) in [6.07, 6.45) is 2.31. The maximum absolute atomic E-state index is 12.5. The lowest BCUT2D eigenvalue weighted by atomic mass is 10.1. The molecule has 7 nitrogen and oxygen atoms in total. The first kappa shape index (κ1) is 14.9. The number of benzene rings is 1. The molecule has 2 aliphatic heterocycles. The molecule has 1 aromatic carbocycles. The van der Waals surface area contributed by atoms with Crippen molar-refractivity contribution in [3.63, 3.8) is 0 Å². The second-order valence-electron chi connectivity index (χ2n) is 6.11. The van der Waals surface area contributed by atoms with Crippen molar-refractivity contribution in [1.29, 1.82) is 0 Å². The number of anilines is 2. The zero-order chi connectivity index (χ0) is 16.5. The molecular weight excluding hydrogens is 306 g/mol. The summed E-state index contributed by atoms with van der Waals surface area (Å²) in [6, 6.07) is 7.38. The minimum Gasteiger partial charge on any atom is -0.321 e. The maximum atomic E-state index is 12.5. The Hall–Kier alpha value is -2.67. The van der Waals surface area contributed by atoms with Crippen LogP contribution in [0.25, 0.3) is 0 Å². The van der Waals surface area contributed by atoms with Crippen LogP contribution in [0.2, 0.25) is 0 Å². The molecule has 2 aromatic rings. The van der Waals surface area contributed by atoms with Gasteiger partial charge in [-0.3, -0.25) is 14.7 Å². The summed E-state index contributed by atoms with van der Waals surface area (Å²) < 4.78 is 0. The fourth-order valence-corrected chi connectivity index (χ4v) is 3.28. The Labute approximate surface area is 139 Å². The number of carbonyl (C=O) groups is 2. The van der Waals surface area contributed by atoms with Crippen molar-refractivity contribution in [3.8, 4) is 0 Å². The molecule has 0 unspecified atom stereocenters. The van der Waals surface area contributed by atoms with Crippen LogP contribution >= 0.6 is 0 Å². The fraction of sp³-hybridized carbons (Fsp3) is 0.353. The SMILES string of the molecule is O=C(Nc1cccc(N2CCCC2=O)c1)c1n[nH]c2c1CNCC2. The van der Waals surface area contributed by atoms with Crippen LogP contribution in [0, 0.1) is 0 Å². The van der Waals surface area contributed by atoms with Gasteiger partial charge in [0.1, 0.15) is 0 Å². The maximum Gasteiger partial charge on any atom is 0.276 e. The number of aromatic nitrogens is 2. The van der Waals surface area contributed by atoms with Gasteiger partial charge >= 0.3 is 0 Å². The molecule has 0 spiro atoms. The molecule has 3 N–H and O–H groups in total. The topological polar surface area (TPSA) is 90.1 Å². The zero-order valence-corrected chi connectivity index (χ0v) is 13.3. The number of nitrogens with zero attached hydrogens (tertiary/aromatic N) is 2. The quantitative estimate of drug-likeness (QED) is 0.796. The average Bonchev–Trinajstić information content (AvgIpc) is 3.21. The van der Waals surface area contributed by atoms with E-state index in [0.717, 1.165) is 42.9 Å². The van der Waals surface area contributed by atoms with Gasteiger partial charge in [-0.05, 0) is 24.6 Å². The van der Waals surface area contributed by atoms with E-state index in [1.165, 1.54) is 0 Å². The number of aromatic amines is 1. The Morgan fingerprint density at radius 2 is 2.21 bits per heavy atom. The molecule has 1 saturated heterocycles. The van der Waals surface area contributed by atoms with Crippen molar-refractivity contribution in [2.45, 2.75) is 25.8 Å². The first-order valence-corrected chi connectivity index (χ1v) is 8.21. The third kappa shape index (κ3) is 2.67. The Bertz CT molecular complexity index is 798. The molecule has 1 aromatic heterocycles. The van der Waals surface area contributed by atoms with Gasteiger partial charge in [0.05, 0.1) is 0 Å². The number of carbonyl (C=O) groups excluding carboxylic acids is 2. The minimum absolute atomic E-state index is 0.130. The van der Waals surface area contributed by atoms with Crippen LogP contribution in [0.15, 0.2) is 24.3 Å². The number of hydrogen-bond donors (Lipinski definition) is 3. The Balaban J connectivity index is 1.54. The number of hydrogen-bond acceptors (Lipinski definition) is 4. The van der Waals surface area contributed by atoms with Crippen LogP contribution < -0.4 is 15.5 Å². The van der Waals surface area contributed by atoms with E-state index in [2.05, 4.69) is 20.8 Å². The molecule has 4 rings (SSSR count). The van der Waals surface area contributed by atoms with Gasteiger partial charge in [-0.25, -0.2) is 0 Å². The lowest BCUT2D eigenvalue weighted by Gasteiger charge is -2.17. The Kier molecular flexibility index (Phi) is 3.78. The molecule has 24 heavy (non-hydrogen) atoms. The number of amides is 2. The summed E-state index contributed by atoms with van der Waals surface area (Å²) in [5.41, 5.74) is 3.87. The van der Waals surface area contributed by atoms with E-state index in [4.69, 9.17) is 0 Å².